The van der Waals surface area contributed by atoms with Crippen molar-refractivity contribution in [2.45, 2.75) is 39.5 Å². The van der Waals surface area contributed by atoms with E-state index in [0.717, 1.165) is 44.4 Å². The van der Waals surface area contributed by atoms with Crippen molar-refractivity contribution < 1.29 is 19.0 Å². The Bertz CT molecular complexity index is 982. The number of aliphatic carboxylic acids is 1. The lowest BCUT2D eigenvalue weighted by Gasteiger charge is -2.11. The molecular weight excluding hydrogens is 389 g/mol. The number of aromatic nitrogens is 1. The molecule has 29 heavy (non-hydrogen) atoms. The zero-order valence-electron chi connectivity index (χ0n) is 16.6. The Morgan fingerprint density at radius 1 is 1.14 bits per heavy atom. The fraction of sp³-hybridized carbons (Fsp3) is 0.304. The van der Waals surface area contributed by atoms with E-state index < -0.39 is 5.97 Å². The van der Waals surface area contributed by atoms with Gasteiger partial charge < -0.3 is 9.84 Å². The summed E-state index contributed by atoms with van der Waals surface area (Å²) in [7, 11) is 0. The Morgan fingerprint density at radius 2 is 1.90 bits per heavy atom. The second-order valence-corrected chi connectivity index (χ2v) is 8.01. The van der Waals surface area contributed by atoms with E-state index in [9.17, 15) is 9.18 Å². The zero-order valence-corrected chi connectivity index (χ0v) is 17.4. The van der Waals surface area contributed by atoms with Crippen LogP contribution in [0.1, 0.15) is 35.0 Å². The molecule has 6 heteroatoms. The molecule has 0 aliphatic carbocycles. The number of carbonyl (C=O) groups is 1. The molecule has 152 valence electrons. The topological polar surface area (TPSA) is 59.4 Å². The number of benzene rings is 2. The Hall–Kier alpha value is -2.73. The summed E-state index contributed by atoms with van der Waals surface area (Å²) in [5.74, 6) is -0.255. The van der Waals surface area contributed by atoms with Crippen molar-refractivity contribution in [2.24, 2.45) is 0 Å². The van der Waals surface area contributed by atoms with Crippen LogP contribution in [0.2, 0.25) is 0 Å². The van der Waals surface area contributed by atoms with Crippen molar-refractivity contribution >= 4 is 17.3 Å². The van der Waals surface area contributed by atoms with Crippen LogP contribution in [-0.4, -0.2) is 22.7 Å². The number of halogens is 1. The van der Waals surface area contributed by atoms with Crippen LogP contribution in [0.5, 0.6) is 5.75 Å². The summed E-state index contributed by atoms with van der Waals surface area (Å²) in [6, 6.07) is 12.2. The number of carboxylic acids is 1. The summed E-state index contributed by atoms with van der Waals surface area (Å²) in [4.78, 5) is 16.6. The van der Waals surface area contributed by atoms with Gasteiger partial charge in [0.2, 0.25) is 0 Å². The van der Waals surface area contributed by atoms with Crippen LogP contribution in [0.15, 0.2) is 42.5 Å². The van der Waals surface area contributed by atoms with Crippen molar-refractivity contribution in [3.05, 3.63) is 70.0 Å². The predicted molar refractivity (Wildman–Crippen MR) is 113 cm³/mol. The quantitative estimate of drug-likeness (QED) is 0.506. The third kappa shape index (κ3) is 5.64. The van der Waals surface area contributed by atoms with Crippen molar-refractivity contribution in [1.82, 2.24) is 4.98 Å². The molecule has 2 aromatic carbocycles. The Kier molecular flexibility index (Phi) is 6.99. The molecule has 3 rings (SSSR count). The molecule has 4 nitrogen and oxygen atoms in total. The van der Waals surface area contributed by atoms with Gasteiger partial charge in [-0.15, -0.1) is 11.3 Å². The highest BCUT2D eigenvalue weighted by molar-refractivity contribution is 7.15. The van der Waals surface area contributed by atoms with Crippen LogP contribution in [0.3, 0.4) is 0 Å². The molecule has 0 fully saturated rings. The minimum absolute atomic E-state index is 0.132. The summed E-state index contributed by atoms with van der Waals surface area (Å²) < 4.78 is 19.0. The normalized spacial score (nSPS) is 10.9. The molecule has 0 bridgehead atoms. The van der Waals surface area contributed by atoms with Gasteiger partial charge >= 0.3 is 5.97 Å². The standard InChI is InChI=1S/C23H24FNO3S/c1-3-16-14-20(10-6-17(16)7-11-22(26)27)28-13-12-21-15(2)29-23(25-21)18-4-8-19(24)9-5-18/h4-6,8-10,14H,3,7,11-13H2,1-2H3,(H,26,27). The molecule has 0 radical (unpaired) electrons. The Labute approximate surface area is 174 Å². The molecule has 0 aliphatic rings. The SMILES string of the molecule is CCc1cc(OCCc2nc(-c3ccc(F)cc3)sc2C)ccc1CCC(=O)O. The lowest BCUT2D eigenvalue weighted by Crippen LogP contribution is -2.04. The summed E-state index contributed by atoms with van der Waals surface area (Å²) in [6.07, 6.45) is 2.18. The maximum Gasteiger partial charge on any atom is 0.303 e. The van der Waals surface area contributed by atoms with Crippen LogP contribution >= 0.6 is 11.3 Å². The lowest BCUT2D eigenvalue weighted by molar-refractivity contribution is -0.136. The minimum Gasteiger partial charge on any atom is -0.493 e. The van der Waals surface area contributed by atoms with Gasteiger partial charge in [0.15, 0.2) is 0 Å². The number of ether oxygens (including phenoxy) is 1. The van der Waals surface area contributed by atoms with Gasteiger partial charge in [-0.1, -0.05) is 13.0 Å². The highest BCUT2D eigenvalue weighted by atomic mass is 32.1. The smallest absolute Gasteiger partial charge is 0.303 e. The average molecular weight is 414 g/mol. The van der Waals surface area contributed by atoms with Crippen molar-refractivity contribution in [3.8, 4) is 16.3 Å². The average Bonchev–Trinajstić information content (AvgIpc) is 3.07. The molecule has 0 saturated carbocycles. The highest BCUT2D eigenvalue weighted by Gasteiger charge is 2.11. The van der Waals surface area contributed by atoms with Gasteiger partial charge in [-0.25, -0.2) is 9.37 Å². The first-order valence-corrected chi connectivity index (χ1v) is 10.5. The van der Waals surface area contributed by atoms with Crippen LogP contribution in [-0.2, 0) is 24.1 Å². The van der Waals surface area contributed by atoms with E-state index in [1.54, 1.807) is 23.5 Å². The molecule has 0 atom stereocenters. The molecule has 0 aliphatic heterocycles. The van der Waals surface area contributed by atoms with E-state index in [-0.39, 0.29) is 12.2 Å². The Balaban J connectivity index is 1.61. The summed E-state index contributed by atoms with van der Waals surface area (Å²) >= 11 is 1.60. The van der Waals surface area contributed by atoms with Crippen LogP contribution in [0, 0.1) is 12.7 Å². The first kappa shape index (κ1) is 21.0. The summed E-state index contributed by atoms with van der Waals surface area (Å²) in [6.45, 7) is 4.59. The third-order valence-electron chi connectivity index (χ3n) is 4.76. The van der Waals surface area contributed by atoms with E-state index >= 15 is 0 Å². The molecular formula is C23H24FNO3S. The highest BCUT2D eigenvalue weighted by Crippen LogP contribution is 2.28. The molecule has 1 N–H and O–H groups in total. The fourth-order valence-electron chi connectivity index (χ4n) is 3.15. The molecule has 0 unspecified atom stereocenters. The van der Waals surface area contributed by atoms with Crippen LogP contribution in [0.25, 0.3) is 10.6 Å². The molecule has 0 saturated heterocycles. The maximum absolute atomic E-state index is 13.1. The fourth-order valence-corrected chi connectivity index (χ4v) is 4.11. The number of aryl methyl sites for hydroxylation is 3. The summed E-state index contributed by atoms with van der Waals surface area (Å²) in [5.41, 5.74) is 4.08. The number of rotatable bonds is 9. The largest absolute Gasteiger partial charge is 0.493 e. The van der Waals surface area contributed by atoms with Gasteiger partial charge in [0.25, 0.3) is 0 Å². The van der Waals surface area contributed by atoms with Gasteiger partial charge in [-0.3, -0.25) is 4.79 Å². The second-order valence-electron chi connectivity index (χ2n) is 6.81. The second kappa shape index (κ2) is 9.65. The molecule has 0 spiro atoms. The number of carboxylic acid groups (broad SMARTS) is 1. The van der Waals surface area contributed by atoms with Gasteiger partial charge in [-0.2, -0.15) is 0 Å². The van der Waals surface area contributed by atoms with E-state index in [1.807, 2.05) is 25.1 Å². The van der Waals surface area contributed by atoms with E-state index in [4.69, 9.17) is 14.8 Å². The predicted octanol–water partition coefficient (Wildman–Crippen LogP) is 5.46. The van der Waals surface area contributed by atoms with Gasteiger partial charge in [0.1, 0.15) is 16.6 Å². The van der Waals surface area contributed by atoms with Gasteiger partial charge in [0, 0.05) is 23.3 Å². The molecule has 3 aromatic rings. The van der Waals surface area contributed by atoms with E-state index in [1.165, 1.54) is 12.1 Å². The van der Waals surface area contributed by atoms with Crippen molar-refractivity contribution in [3.63, 3.8) is 0 Å². The Morgan fingerprint density at radius 3 is 2.59 bits per heavy atom. The lowest BCUT2D eigenvalue weighted by atomic mass is 10.0. The zero-order chi connectivity index (χ0) is 20.8. The minimum atomic E-state index is -0.786. The maximum atomic E-state index is 13.1. The number of hydrogen-bond acceptors (Lipinski definition) is 4. The number of hydrogen-bond donors (Lipinski definition) is 1. The van der Waals surface area contributed by atoms with Crippen molar-refractivity contribution in [1.29, 1.82) is 0 Å². The third-order valence-corrected chi connectivity index (χ3v) is 5.82. The number of nitrogens with zero attached hydrogens (tertiary/aromatic N) is 1. The molecule has 0 amide bonds. The van der Waals surface area contributed by atoms with Gasteiger partial charge in [0.05, 0.1) is 12.3 Å². The van der Waals surface area contributed by atoms with E-state index in [0.29, 0.717) is 19.4 Å². The van der Waals surface area contributed by atoms with E-state index in [2.05, 4.69) is 6.92 Å². The number of thiazole rings is 1. The van der Waals surface area contributed by atoms with Crippen molar-refractivity contribution in [2.75, 3.05) is 6.61 Å². The molecule has 1 aromatic heterocycles. The van der Waals surface area contributed by atoms with Gasteiger partial charge in [-0.05, 0) is 67.3 Å². The van der Waals surface area contributed by atoms with Crippen LogP contribution in [0.4, 0.5) is 4.39 Å². The first-order valence-electron chi connectivity index (χ1n) is 9.65. The van der Waals surface area contributed by atoms with Crippen LogP contribution < -0.4 is 4.74 Å². The summed E-state index contributed by atoms with van der Waals surface area (Å²) in [5, 5.41) is 9.76. The first-order chi connectivity index (χ1) is 14.0. The molecule has 1 heterocycles. The monoisotopic (exact) mass is 413 g/mol.